The van der Waals surface area contributed by atoms with Crippen LogP contribution in [0.5, 0.6) is 5.75 Å². The van der Waals surface area contributed by atoms with Crippen LogP contribution < -0.4 is 4.90 Å². The minimum Gasteiger partial charge on any atom is -0.508 e. The van der Waals surface area contributed by atoms with Crippen molar-refractivity contribution in [2.75, 3.05) is 11.4 Å². The molecule has 0 aromatic heterocycles. The first kappa shape index (κ1) is 14.7. The van der Waals surface area contributed by atoms with E-state index in [9.17, 15) is 15.2 Å². The molecule has 0 fully saturated rings. The lowest BCUT2D eigenvalue weighted by atomic mass is 9.94. The lowest BCUT2D eigenvalue weighted by Gasteiger charge is -2.18. The number of hydrogen-bond acceptors (Lipinski definition) is 4. The van der Waals surface area contributed by atoms with Gasteiger partial charge < -0.3 is 15.1 Å². The van der Waals surface area contributed by atoms with E-state index in [-0.39, 0.29) is 17.2 Å². The summed E-state index contributed by atoms with van der Waals surface area (Å²) in [7, 11) is 0. The smallest absolute Gasteiger partial charge is 0.335 e. The van der Waals surface area contributed by atoms with E-state index in [1.165, 1.54) is 0 Å². The van der Waals surface area contributed by atoms with Crippen LogP contribution in [0.25, 0.3) is 0 Å². The van der Waals surface area contributed by atoms with Crippen molar-refractivity contribution in [3.8, 4) is 11.8 Å². The van der Waals surface area contributed by atoms with Crippen molar-refractivity contribution in [3.63, 3.8) is 0 Å². The van der Waals surface area contributed by atoms with Crippen molar-refractivity contribution >= 4 is 11.7 Å². The van der Waals surface area contributed by atoms with Gasteiger partial charge >= 0.3 is 5.97 Å². The van der Waals surface area contributed by atoms with Gasteiger partial charge in [-0.15, -0.1) is 0 Å². The Balaban J connectivity index is 1.88. The van der Waals surface area contributed by atoms with Crippen LogP contribution in [0.2, 0.25) is 0 Å². The van der Waals surface area contributed by atoms with Crippen LogP contribution in [0, 0.1) is 11.3 Å². The zero-order valence-corrected chi connectivity index (χ0v) is 12.2. The Hall–Kier alpha value is -3.26. The highest BCUT2D eigenvalue weighted by Gasteiger charge is 2.27. The lowest BCUT2D eigenvalue weighted by molar-refractivity contribution is 0.0697. The first-order chi connectivity index (χ1) is 11.1. The summed E-state index contributed by atoms with van der Waals surface area (Å²) in [5.41, 5.74) is 2.53. The minimum absolute atomic E-state index is 0.119. The molecule has 0 saturated carbocycles. The number of carboxylic acid groups (broad SMARTS) is 1. The first-order valence-corrected chi connectivity index (χ1v) is 7.09. The predicted molar refractivity (Wildman–Crippen MR) is 85.3 cm³/mol. The minimum atomic E-state index is -0.969. The lowest BCUT2D eigenvalue weighted by Crippen LogP contribution is -2.16. The SMILES string of the molecule is N#CC1=CN(c2ccc(C(=O)O)cc2)CC1c1cccc(O)c1. The van der Waals surface area contributed by atoms with E-state index in [4.69, 9.17) is 5.11 Å². The second kappa shape index (κ2) is 5.85. The summed E-state index contributed by atoms with van der Waals surface area (Å²) < 4.78 is 0. The number of carbonyl (C=O) groups is 1. The van der Waals surface area contributed by atoms with Gasteiger partial charge in [-0.3, -0.25) is 0 Å². The summed E-state index contributed by atoms with van der Waals surface area (Å²) in [6.45, 7) is 0.568. The van der Waals surface area contributed by atoms with Crippen LogP contribution in [-0.4, -0.2) is 22.7 Å². The molecule has 5 heteroatoms. The Morgan fingerprint density at radius 1 is 1.22 bits per heavy atom. The van der Waals surface area contributed by atoms with Crippen molar-refractivity contribution < 1.29 is 15.0 Å². The number of anilines is 1. The van der Waals surface area contributed by atoms with Gasteiger partial charge in [-0.2, -0.15) is 5.26 Å². The Morgan fingerprint density at radius 3 is 2.57 bits per heavy atom. The number of carboxylic acids is 1. The van der Waals surface area contributed by atoms with Gasteiger partial charge in [0.05, 0.1) is 17.2 Å². The topological polar surface area (TPSA) is 84.6 Å². The van der Waals surface area contributed by atoms with Crippen LogP contribution in [0.4, 0.5) is 5.69 Å². The molecule has 0 saturated heterocycles. The molecule has 1 unspecified atom stereocenters. The van der Waals surface area contributed by atoms with Gasteiger partial charge in [-0.25, -0.2) is 4.79 Å². The maximum Gasteiger partial charge on any atom is 0.335 e. The maximum atomic E-state index is 10.9. The van der Waals surface area contributed by atoms with Crippen molar-refractivity contribution in [1.29, 1.82) is 5.26 Å². The van der Waals surface area contributed by atoms with E-state index < -0.39 is 5.97 Å². The molecule has 5 nitrogen and oxygen atoms in total. The summed E-state index contributed by atoms with van der Waals surface area (Å²) in [6, 6.07) is 15.6. The Kier molecular flexibility index (Phi) is 3.73. The number of nitriles is 1. The number of rotatable bonds is 3. The molecule has 1 aliphatic heterocycles. The molecule has 23 heavy (non-hydrogen) atoms. The van der Waals surface area contributed by atoms with E-state index in [0.29, 0.717) is 12.1 Å². The average Bonchev–Trinajstić information content (AvgIpc) is 2.99. The quantitative estimate of drug-likeness (QED) is 0.910. The van der Waals surface area contributed by atoms with Gasteiger partial charge in [-0.1, -0.05) is 12.1 Å². The Labute approximate surface area is 133 Å². The van der Waals surface area contributed by atoms with Crippen molar-refractivity contribution in [3.05, 3.63) is 71.4 Å². The highest BCUT2D eigenvalue weighted by atomic mass is 16.4. The first-order valence-electron chi connectivity index (χ1n) is 7.09. The van der Waals surface area contributed by atoms with Crippen LogP contribution in [0.1, 0.15) is 21.8 Å². The van der Waals surface area contributed by atoms with Crippen LogP contribution >= 0.6 is 0 Å². The number of phenols is 1. The molecule has 0 aliphatic carbocycles. The highest BCUT2D eigenvalue weighted by Crippen LogP contribution is 2.34. The predicted octanol–water partition coefficient (Wildman–Crippen LogP) is 3.10. The summed E-state index contributed by atoms with van der Waals surface area (Å²) in [5, 5.41) is 27.9. The molecule has 0 radical (unpaired) electrons. The molecule has 1 aliphatic rings. The van der Waals surface area contributed by atoms with E-state index in [2.05, 4.69) is 6.07 Å². The highest BCUT2D eigenvalue weighted by molar-refractivity contribution is 5.88. The second-order valence-corrected chi connectivity index (χ2v) is 5.35. The molecule has 0 amide bonds. The summed E-state index contributed by atoms with van der Waals surface area (Å²) in [5.74, 6) is -0.917. The molecule has 1 atom stereocenters. The third kappa shape index (κ3) is 2.87. The fraction of sp³-hybridized carbons (Fsp3) is 0.111. The van der Waals surface area contributed by atoms with Gasteiger partial charge in [0, 0.05) is 24.4 Å². The summed E-state index contributed by atoms with van der Waals surface area (Å²) in [4.78, 5) is 12.8. The molecule has 114 valence electrons. The molecule has 0 bridgehead atoms. The Morgan fingerprint density at radius 2 is 1.96 bits per heavy atom. The molecule has 2 aromatic carbocycles. The van der Waals surface area contributed by atoms with E-state index in [1.807, 2.05) is 11.0 Å². The van der Waals surface area contributed by atoms with Crippen molar-refractivity contribution in [2.45, 2.75) is 5.92 Å². The van der Waals surface area contributed by atoms with Gasteiger partial charge in [0.2, 0.25) is 0 Å². The maximum absolute atomic E-state index is 10.9. The summed E-state index contributed by atoms with van der Waals surface area (Å²) in [6.07, 6.45) is 1.77. The molecule has 1 heterocycles. The van der Waals surface area contributed by atoms with Crippen LogP contribution in [0.15, 0.2) is 60.3 Å². The summed E-state index contributed by atoms with van der Waals surface area (Å²) >= 11 is 0. The van der Waals surface area contributed by atoms with Crippen LogP contribution in [0.3, 0.4) is 0 Å². The number of hydrogen-bond donors (Lipinski definition) is 2. The van der Waals surface area contributed by atoms with Gasteiger partial charge in [0.25, 0.3) is 0 Å². The van der Waals surface area contributed by atoms with E-state index in [0.717, 1.165) is 11.3 Å². The van der Waals surface area contributed by atoms with Gasteiger partial charge in [0.15, 0.2) is 0 Å². The number of aromatic carboxylic acids is 1. The zero-order valence-electron chi connectivity index (χ0n) is 12.2. The Bertz CT molecular complexity index is 819. The monoisotopic (exact) mass is 306 g/mol. The van der Waals surface area contributed by atoms with Gasteiger partial charge in [-0.05, 0) is 42.0 Å². The number of phenolic OH excluding ortho intramolecular Hbond substituents is 1. The van der Waals surface area contributed by atoms with E-state index in [1.54, 1.807) is 48.7 Å². The number of nitrogens with zero attached hydrogens (tertiary/aromatic N) is 2. The molecule has 2 N–H and O–H groups in total. The molecular formula is C18H14N2O3. The third-order valence-corrected chi connectivity index (χ3v) is 3.90. The zero-order chi connectivity index (χ0) is 16.4. The largest absolute Gasteiger partial charge is 0.508 e. The second-order valence-electron chi connectivity index (χ2n) is 5.35. The molecular weight excluding hydrogens is 292 g/mol. The fourth-order valence-electron chi connectivity index (χ4n) is 2.71. The van der Waals surface area contributed by atoms with E-state index >= 15 is 0 Å². The van der Waals surface area contributed by atoms with Crippen molar-refractivity contribution in [1.82, 2.24) is 0 Å². The number of benzene rings is 2. The molecule has 0 spiro atoms. The number of aromatic hydroxyl groups is 1. The third-order valence-electron chi connectivity index (χ3n) is 3.90. The van der Waals surface area contributed by atoms with Crippen molar-refractivity contribution in [2.24, 2.45) is 0 Å². The molecule has 3 rings (SSSR count). The molecule has 2 aromatic rings. The van der Waals surface area contributed by atoms with Crippen LogP contribution in [-0.2, 0) is 0 Å². The average molecular weight is 306 g/mol. The fourth-order valence-corrected chi connectivity index (χ4v) is 2.71. The normalized spacial score (nSPS) is 16.7. The van der Waals surface area contributed by atoms with Gasteiger partial charge in [0.1, 0.15) is 5.75 Å². The standard InChI is InChI=1S/C18H14N2O3/c19-9-14-10-20(15-6-4-12(5-7-15)18(22)23)11-17(14)13-2-1-3-16(21)8-13/h1-8,10,17,21H,11H2,(H,22,23).